The Kier molecular flexibility index (Phi) is 4.68. The van der Waals surface area contributed by atoms with Gasteiger partial charge in [-0.05, 0) is 12.1 Å². The summed E-state index contributed by atoms with van der Waals surface area (Å²) in [6.45, 7) is 0. The molecule has 1 rings (SSSR count). The number of rotatable bonds is 3. The SMILES string of the molecule is COc1cccc(ON)c1[N+](=O)[O-].Cl. The Morgan fingerprint density at radius 3 is 2.43 bits per heavy atom. The van der Waals surface area contributed by atoms with Crippen molar-refractivity contribution in [3.05, 3.63) is 28.3 Å². The summed E-state index contributed by atoms with van der Waals surface area (Å²) in [5, 5.41) is 10.6. The van der Waals surface area contributed by atoms with Crippen LogP contribution in [0.1, 0.15) is 0 Å². The Balaban J connectivity index is 0.00000169. The molecule has 0 heterocycles. The van der Waals surface area contributed by atoms with Crippen LogP contribution < -0.4 is 15.5 Å². The summed E-state index contributed by atoms with van der Waals surface area (Å²) in [6.07, 6.45) is 0. The fraction of sp³-hybridized carbons (Fsp3) is 0.143. The van der Waals surface area contributed by atoms with E-state index in [0.29, 0.717) is 0 Å². The van der Waals surface area contributed by atoms with Crippen molar-refractivity contribution in [2.75, 3.05) is 7.11 Å². The first-order chi connectivity index (χ1) is 6.20. The van der Waals surface area contributed by atoms with E-state index < -0.39 is 4.92 Å². The number of hydrogen-bond acceptors (Lipinski definition) is 5. The number of ether oxygens (including phenoxy) is 1. The van der Waals surface area contributed by atoms with E-state index in [1.165, 1.54) is 19.2 Å². The number of hydrogen-bond donors (Lipinski definition) is 1. The highest BCUT2D eigenvalue weighted by Gasteiger charge is 2.21. The van der Waals surface area contributed by atoms with Gasteiger partial charge in [-0.1, -0.05) is 6.07 Å². The number of benzene rings is 1. The molecule has 0 saturated heterocycles. The lowest BCUT2D eigenvalue weighted by Crippen LogP contribution is -2.05. The first kappa shape index (κ1) is 12.5. The van der Waals surface area contributed by atoms with Gasteiger partial charge in [0.2, 0.25) is 11.5 Å². The Labute approximate surface area is 86.1 Å². The molecule has 0 aliphatic heterocycles. The molecule has 0 saturated carbocycles. The molecule has 0 amide bonds. The lowest BCUT2D eigenvalue weighted by Gasteiger charge is -2.03. The molecule has 0 unspecified atom stereocenters. The molecule has 2 N–H and O–H groups in total. The van der Waals surface area contributed by atoms with Gasteiger partial charge in [0.15, 0.2) is 0 Å². The molecule has 0 fully saturated rings. The van der Waals surface area contributed by atoms with Crippen LogP contribution in [0.3, 0.4) is 0 Å². The fourth-order valence-corrected chi connectivity index (χ4v) is 0.942. The Bertz CT molecular complexity index is 309. The minimum absolute atomic E-state index is 0. The minimum Gasteiger partial charge on any atom is -0.490 e. The maximum Gasteiger partial charge on any atom is 0.354 e. The van der Waals surface area contributed by atoms with Gasteiger partial charge in [-0.2, -0.15) is 5.90 Å². The summed E-state index contributed by atoms with van der Waals surface area (Å²) in [6, 6.07) is 4.40. The van der Waals surface area contributed by atoms with E-state index in [2.05, 4.69) is 4.84 Å². The van der Waals surface area contributed by atoms with Crippen LogP contribution in [0, 0.1) is 10.1 Å². The molecular formula is C7H9ClN2O4. The molecule has 0 aliphatic rings. The molecule has 14 heavy (non-hydrogen) atoms. The lowest BCUT2D eigenvalue weighted by atomic mass is 10.3. The van der Waals surface area contributed by atoms with Gasteiger partial charge in [-0.15, -0.1) is 12.4 Å². The number of nitrogens with two attached hydrogens (primary N) is 1. The lowest BCUT2D eigenvalue weighted by molar-refractivity contribution is -0.386. The second kappa shape index (κ2) is 5.25. The van der Waals surface area contributed by atoms with Crippen molar-refractivity contribution in [1.29, 1.82) is 0 Å². The molecule has 1 aromatic rings. The molecule has 78 valence electrons. The zero-order chi connectivity index (χ0) is 9.84. The summed E-state index contributed by atoms with van der Waals surface area (Å²) in [7, 11) is 1.34. The number of nitrogens with zero attached hydrogens (tertiary/aromatic N) is 1. The smallest absolute Gasteiger partial charge is 0.354 e. The average Bonchev–Trinajstić information content (AvgIpc) is 2.16. The second-order valence-electron chi connectivity index (χ2n) is 2.18. The van der Waals surface area contributed by atoms with Gasteiger partial charge in [0.1, 0.15) is 0 Å². The van der Waals surface area contributed by atoms with Crippen LogP contribution in [0.15, 0.2) is 18.2 Å². The molecule has 0 spiro atoms. The minimum atomic E-state index is -0.610. The summed E-state index contributed by atoms with van der Waals surface area (Å²) in [4.78, 5) is 14.3. The van der Waals surface area contributed by atoms with E-state index in [4.69, 9.17) is 10.6 Å². The Morgan fingerprint density at radius 1 is 1.43 bits per heavy atom. The quantitative estimate of drug-likeness (QED) is 0.612. The number of halogens is 1. The summed E-state index contributed by atoms with van der Waals surface area (Å²) < 4.78 is 4.77. The second-order valence-corrected chi connectivity index (χ2v) is 2.18. The monoisotopic (exact) mass is 220 g/mol. The van der Waals surface area contributed by atoms with E-state index in [0.717, 1.165) is 0 Å². The van der Waals surface area contributed by atoms with Crippen molar-refractivity contribution < 1.29 is 14.5 Å². The highest BCUT2D eigenvalue weighted by atomic mass is 35.5. The molecular weight excluding hydrogens is 212 g/mol. The van der Waals surface area contributed by atoms with Crippen LogP contribution in [0.2, 0.25) is 0 Å². The zero-order valence-corrected chi connectivity index (χ0v) is 8.11. The standard InChI is InChI=1S/C7H8N2O4.ClH/c1-12-5-3-2-4-6(13-8)7(5)9(10)11;/h2-4H,8H2,1H3;1H. The predicted molar refractivity (Wildman–Crippen MR) is 51.7 cm³/mol. The van der Waals surface area contributed by atoms with Gasteiger partial charge in [-0.3, -0.25) is 10.1 Å². The summed E-state index contributed by atoms with van der Waals surface area (Å²) in [5.74, 6) is 4.95. The first-order valence-corrected chi connectivity index (χ1v) is 3.38. The van der Waals surface area contributed by atoms with Gasteiger partial charge in [0.25, 0.3) is 0 Å². The molecule has 0 aromatic heterocycles. The number of para-hydroxylation sites is 1. The first-order valence-electron chi connectivity index (χ1n) is 3.38. The van der Waals surface area contributed by atoms with E-state index in [1.54, 1.807) is 6.07 Å². The molecule has 6 nitrogen and oxygen atoms in total. The Morgan fingerprint density at radius 2 is 2.00 bits per heavy atom. The summed E-state index contributed by atoms with van der Waals surface area (Å²) >= 11 is 0. The van der Waals surface area contributed by atoms with Crippen LogP contribution >= 0.6 is 12.4 Å². The van der Waals surface area contributed by atoms with E-state index in [9.17, 15) is 10.1 Å². The molecule has 7 heteroatoms. The van der Waals surface area contributed by atoms with Gasteiger partial charge in [0.05, 0.1) is 12.0 Å². The molecule has 0 atom stereocenters. The fourth-order valence-electron chi connectivity index (χ4n) is 0.942. The Hall–Kier alpha value is -1.53. The van der Waals surface area contributed by atoms with Crippen molar-refractivity contribution in [3.63, 3.8) is 0 Å². The van der Waals surface area contributed by atoms with Gasteiger partial charge in [-0.25, -0.2) is 0 Å². The van der Waals surface area contributed by atoms with Gasteiger partial charge >= 0.3 is 5.69 Å². The van der Waals surface area contributed by atoms with Crippen molar-refractivity contribution in [3.8, 4) is 11.5 Å². The van der Waals surface area contributed by atoms with E-state index in [1.807, 2.05) is 0 Å². The predicted octanol–water partition coefficient (Wildman–Crippen LogP) is 1.28. The maximum absolute atomic E-state index is 10.6. The highest BCUT2D eigenvalue weighted by molar-refractivity contribution is 5.85. The normalized spacial score (nSPS) is 8.71. The molecule has 0 aliphatic carbocycles. The topological polar surface area (TPSA) is 87.6 Å². The van der Waals surface area contributed by atoms with Crippen molar-refractivity contribution in [1.82, 2.24) is 0 Å². The largest absolute Gasteiger partial charge is 0.490 e. The summed E-state index contributed by atoms with van der Waals surface area (Å²) in [5.41, 5.74) is -0.271. The van der Waals surface area contributed by atoms with Crippen LogP contribution in [0.5, 0.6) is 11.5 Å². The van der Waals surface area contributed by atoms with Crippen LogP contribution in [-0.2, 0) is 0 Å². The van der Waals surface area contributed by atoms with E-state index in [-0.39, 0.29) is 29.6 Å². The van der Waals surface area contributed by atoms with E-state index >= 15 is 0 Å². The van der Waals surface area contributed by atoms with Crippen LogP contribution in [-0.4, -0.2) is 12.0 Å². The van der Waals surface area contributed by atoms with Crippen molar-refractivity contribution in [2.45, 2.75) is 0 Å². The van der Waals surface area contributed by atoms with Gasteiger partial charge < -0.3 is 9.57 Å². The average molecular weight is 221 g/mol. The third-order valence-corrected chi connectivity index (χ3v) is 1.49. The van der Waals surface area contributed by atoms with Crippen molar-refractivity contribution in [2.24, 2.45) is 5.90 Å². The number of nitro benzene ring substituents is 1. The van der Waals surface area contributed by atoms with Crippen LogP contribution in [0.25, 0.3) is 0 Å². The highest BCUT2D eigenvalue weighted by Crippen LogP contribution is 2.35. The van der Waals surface area contributed by atoms with Gasteiger partial charge in [0, 0.05) is 0 Å². The third-order valence-electron chi connectivity index (χ3n) is 1.49. The number of methoxy groups -OCH3 is 1. The van der Waals surface area contributed by atoms with Crippen LogP contribution in [0.4, 0.5) is 5.69 Å². The van der Waals surface area contributed by atoms with Crippen molar-refractivity contribution >= 4 is 18.1 Å². The number of nitro groups is 1. The molecule has 0 radical (unpaired) electrons. The maximum atomic E-state index is 10.6. The molecule has 0 bridgehead atoms. The molecule has 1 aromatic carbocycles. The third kappa shape index (κ3) is 2.24. The zero-order valence-electron chi connectivity index (χ0n) is 7.30.